The maximum Gasteiger partial charge on any atom is 0.224 e. The summed E-state index contributed by atoms with van der Waals surface area (Å²) in [6.07, 6.45) is 2.40. The summed E-state index contributed by atoms with van der Waals surface area (Å²) >= 11 is 11.9. The lowest BCUT2D eigenvalue weighted by Crippen LogP contribution is -2.03. The van der Waals surface area contributed by atoms with Crippen LogP contribution in [0, 0.1) is 0 Å². The molecule has 0 saturated heterocycles. The minimum Gasteiger partial charge on any atom is -0.357 e. The lowest BCUT2D eigenvalue weighted by atomic mass is 10.2. The molecule has 2 aromatic rings. The number of aromatic nitrogens is 2. The maximum absolute atomic E-state index is 6.01. The second-order valence-electron chi connectivity index (χ2n) is 4.78. The predicted octanol–water partition coefficient (Wildman–Crippen LogP) is 4.45. The van der Waals surface area contributed by atoms with E-state index in [0.717, 1.165) is 17.2 Å². The highest BCUT2D eigenvalue weighted by Gasteiger charge is 2.26. The average Bonchev–Trinajstić information content (AvgIpc) is 3.27. The third kappa shape index (κ3) is 2.97. The zero-order valence-corrected chi connectivity index (χ0v) is 12.5. The summed E-state index contributed by atoms with van der Waals surface area (Å²) in [5.41, 5.74) is 1.92. The summed E-state index contributed by atoms with van der Waals surface area (Å²) in [7, 11) is 1.81. The number of hydrogen-bond donors (Lipinski definition) is 2. The molecule has 0 amide bonds. The molecule has 0 bridgehead atoms. The Morgan fingerprint density at radius 2 is 1.90 bits per heavy atom. The average molecular weight is 309 g/mol. The Morgan fingerprint density at radius 1 is 1.10 bits per heavy atom. The summed E-state index contributed by atoms with van der Waals surface area (Å²) in [5, 5.41) is 7.28. The third-order valence-corrected chi connectivity index (χ3v) is 3.90. The Bertz CT molecular complexity index is 641. The number of anilines is 3. The van der Waals surface area contributed by atoms with Crippen LogP contribution in [0.4, 0.5) is 17.5 Å². The van der Waals surface area contributed by atoms with Gasteiger partial charge in [-0.05, 0) is 31.0 Å². The van der Waals surface area contributed by atoms with E-state index in [-0.39, 0.29) is 0 Å². The number of benzene rings is 1. The van der Waals surface area contributed by atoms with E-state index in [0.29, 0.717) is 21.9 Å². The van der Waals surface area contributed by atoms with Crippen molar-refractivity contribution in [2.75, 3.05) is 17.7 Å². The SMILES string of the molecule is CNc1nc(Nc2ccc(Cl)c(Cl)c2)cc(C2CC2)n1. The zero-order valence-electron chi connectivity index (χ0n) is 11.0. The highest BCUT2D eigenvalue weighted by molar-refractivity contribution is 6.42. The Morgan fingerprint density at radius 3 is 2.55 bits per heavy atom. The van der Waals surface area contributed by atoms with Gasteiger partial charge in [0, 0.05) is 24.7 Å². The second-order valence-corrected chi connectivity index (χ2v) is 5.59. The number of nitrogens with zero attached hydrogens (tertiary/aromatic N) is 2. The standard InChI is InChI=1S/C14H14Cl2N4/c1-17-14-19-12(8-2-3-8)7-13(20-14)18-9-4-5-10(15)11(16)6-9/h4-8H,2-3H2,1H3,(H2,17,18,19,20). The zero-order chi connectivity index (χ0) is 14.1. The second kappa shape index (κ2) is 5.46. The van der Waals surface area contributed by atoms with Gasteiger partial charge in [-0.2, -0.15) is 4.98 Å². The smallest absolute Gasteiger partial charge is 0.224 e. The molecule has 1 aromatic carbocycles. The minimum absolute atomic E-state index is 0.516. The fourth-order valence-corrected chi connectivity index (χ4v) is 2.25. The molecule has 3 rings (SSSR count). The molecule has 1 aromatic heterocycles. The molecule has 1 aliphatic carbocycles. The van der Waals surface area contributed by atoms with Crippen molar-refractivity contribution in [3.05, 3.63) is 40.0 Å². The first-order valence-corrected chi connectivity index (χ1v) is 7.20. The van der Waals surface area contributed by atoms with Crippen LogP contribution in [-0.4, -0.2) is 17.0 Å². The van der Waals surface area contributed by atoms with Crippen LogP contribution in [0.1, 0.15) is 24.5 Å². The molecular weight excluding hydrogens is 295 g/mol. The summed E-state index contributed by atoms with van der Waals surface area (Å²) in [5.74, 6) is 1.95. The van der Waals surface area contributed by atoms with Gasteiger partial charge in [-0.1, -0.05) is 23.2 Å². The van der Waals surface area contributed by atoms with Crippen LogP contribution in [0.2, 0.25) is 10.0 Å². The largest absolute Gasteiger partial charge is 0.357 e. The fraction of sp³-hybridized carbons (Fsp3) is 0.286. The van der Waals surface area contributed by atoms with E-state index in [1.807, 2.05) is 19.2 Å². The van der Waals surface area contributed by atoms with Gasteiger partial charge in [0.2, 0.25) is 5.95 Å². The van der Waals surface area contributed by atoms with Crippen LogP contribution in [0.15, 0.2) is 24.3 Å². The summed E-state index contributed by atoms with van der Waals surface area (Å²) in [6, 6.07) is 7.39. The first-order valence-electron chi connectivity index (χ1n) is 6.44. The third-order valence-electron chi connectivity index (χ3n) is 3.16. The van der Waals surface area contributed by atoms with Crippen LogP contribution < -0.4 is 10.6 Å². The molecule has 0 unspecified atom stereocenters. The minimum atomic E-state index is 0.516. The van der Waals surface area contributed by atoms with E-state index >= 15 is 0 Å². The molecule has 2 N–H and O–H groups in total. The lowest BCUT2D eigenvalue weighted by Gasteiger charge is -2.10. The predicted molar refractivity (Wildman–Crippen MR) is 83.3 cm³/mol. The number of halogens is 2. The van der Waals surface area contributed by atoms with Crippen molar-refractivity contribution >= 4 is 40.7 Å². The molecule has 1 fully saturated rings. The van der Waals surface area contributed by atoms with Crippen LogP contribution in [0.25, 0.3) is 0 Å². The van der Waals surface area contributed by atoms with E-state index in [9.17, 15) is 0 Å². The number of nitrogens with one attached hydrogen (secondary N) is 2. The summed E-state index contributed by atoms with van der Waals surface area (Å²) in [4.78, 5) is 8.88. The van der Waals surface area contributed by atoms with Crippen molar-refractivity contribution in [2.45, 2.75) is 18.8 Å². The van der Waals surface area contributed by atoms with E-state index in [4.69, 9.17) is 23.2 Å². The van der Waals surface area contributed by atoms with Gasteiger partial charge in [-0.3, -0.25) is 0 Å². The van der Waals surface area contributed by atoms with Gasteiger partial charge in [0.1, 0.15) is 5.82 Å². The molecular formula is C14H14Cl2N4. The lowest BCUT2D eigenvalue weighted by molar-refractivity contribution is 0.991. The first-order chi connectivity index (χ1) is 9.65. The number of hydrogen-bond acceptors (Lipinski definition) is 4. The molecule has 0 atom stereocenters. The Balaban J connectivity index is 1.88. The molecule has 104 valence electrons. The Hall–Kier alpha value is -1.52. The molecule has 1 saturated carbocycles. The van der Waals surface area contributed by atoms with Crippen LogP contribution >= 0.6 is 23.2 Å². The van der Waals surface area contributed by atoms with Crippen molar-refractivity contribution < 1.29 is 0 Å². The molecule has 1 aliphatic rings. The van der Waals surface area contributed by atoms with E-state index in [2.05, 4.69) is 20.6 Å². The van der Waals surface area contributed by atoms with Gasteiger partial charge in [0.15, 0.2) is 0 Å². The topological polar surface area (TPSA) is 49.8 Å². The molecule has 4 nitrogen and oxygen atoms in total. The van der Waals surface area contributed by atoms with E-state index in [1.54, 1.807) is 12.1 Å². The van der Waals surface area contributed by atoms with Crippen LogP contribution in [-0.2, 0) is 0 Å². The van der Waals surface area contributed by atoms with Gasteiger partial charge in [0.05, 0.1) is 15.7 Å². The maximum atomic E-state index is 6.01. The van der Waals surface area contributed by atoms with Gasteiger partial charge in [0.25, 0.3) is 0 Å². The van der Waals surface area contributed by atoms with Crippen molar-refractivity contribution in [3.8, 4) is 0 Å². The Kier molecular flexibility index (Phi) is 3.68. The molecule has 0 spiro atoms. The van der Waals surface area contributed by atoms with Crippen LogP contribution in [0.3, 0.4) is 0 Å². The van der Waals surface area contributed by atoms with Gasteiger partial charge in [-0.25, -0.2) is 4.98 Å². The molecule has 0 radical (unpaired) electrons. The van der Waals surface area contributed by atoms with Gasteiger partial charge >= 0.3 is 0 Å². The van der Waals surface area contributed by atoms with E-state index in [1.165, 1.54) is 12.8 Å². The Labute approximate surface area is 127 Å². The highest BCUT2D eigenvalue weighted by Crippen LogP contribution is 2.40. The normalized spacial score (nSPS) is 14.2. The van der Waals surface area contributed by atoms with Crippen molar-refractivity contribution in [1.29, 1.82) is 0 Å². The highest BCUT2D eigenvalue weighted by atomic mass is 35.5. The van der Waals surface area contributed by atoms with Gasteiger partial charge < -0.3 is 10.6 Å². The summed E-state index contributed by atoms with van der Waals surface area (Å²) < 4.78 is 0. The monoisotopic (exact) mass is 308 g/mol. The number of rotatable bonds is 4. The van der Waals surface area contributed by atoms with Crippen molar-refractivity contribution in [1.82, 2.24) is 9.97 Å². The molecule has 1 heterocycles. The molecule has 6 heteroatoms. The molecule has 20 heavy (non-hydrogen) atoms. The molecule has 0 aliphatic heterocycles. The quantitative estimate of drug-likeness (QED) is 0.876. The first kappa shape index (κ1) is 13.5. The summed E-state index contributed by atoms with van der Waals surface area (Å²) in [6.45, 7) is 0. The van der Waals surface area contributed by atoms with Crippen molar-refractivity contribution in [2.24, 2.45) is 0 Å². The van der Waals surface area contributed by atoms with Crippen molar-refractivity contribution in [3.63, 3.8) is 0 Å². The van der Waals surface area contributed by atoms with Gasteiger partial charge in [-0.15, -0.1) is 0 Å². The van der Waals surface area contributed by atoms with Crippen LogP contribution in [0.5, 0.6) is 0 Å². The fourth-order valence-electron chi connectivity index (χ4n) is 1.95. The van der Waals surface area contributed by atoms with E-state index < -0.39 is 0 Å².